The molecule has 0 aromatic heterocycles. The van der Waals surface area contributed by atoms with E-state index in [2.05, 4.69) is 6.58 Å². The van der Waals surface area contributed by atoms with Crippen LogP contribution in [0.25, 0.3) is 0 Å². The monoisotopic (exact) mass is 226 g/mol. The van der Waals surface area contributed by atoms with Crippen molar-refractivity contribution in [2.24, 2.45) is 0 Å². The molecular weight excluding hydrogens is 208 g/mol. The van der Waals surface area contributed by atoms with Gasteiger partial charge >= 0.3 is 0 Å². The summed E-state index contributed by atoms with van der Waals surface area (Å²) in [4.78, 5) is 1.20. The summed E-state index contributed by atoms with van der Waals surface area (Å²) in [5.74, 6) is 0. The first kappa shape index (κ1) is 12.6. The fourth-order valence-electron chi connectivity index (χ4n) is 1.35. The molecule has 1 aliphatic rings. The summed E-state index contributed by atoms with van der Waals surface area (Å²) in [5.41, 5.74) is 0. The number of methoxy groups -OCH3 is 1. The van der Waals surface area contributed by atoms with Crippen molar-refractivity contribution in [1.29, 1.82) is 0 Å². The lowest BCUT2D eigenvalue weighted by molar-refractivity contribution is 0.101. The van der Waals surface area contributed by atoms with Gasteiger partial charge in [0.05, 0.1) is 12.7 Å². The standard InChI is InChI=1S/C12H18O2S/c1-3-4-5-6-11(9-14-2)15-12-7-10(13)8-12/h3-6,10,12-13H,1,7-9H2,2H3/b5-4-,11-6+/t10-,12+. The van der Waals surface area contributed by atoms with Crippen LogP contribution in [0.5, 0.6) is 0 Å². The van der Waals surface area contributed by atoms with Crippen molar-refractivity contribution in [1.82, 2.24) is 0 Å². The number of hydrogen-bond acceptors (Lipinski definition) is 3. The topological polar surface area (TPSA) is 29.5 Å². The van der Waals surface area contributed by atoms with Crippen molar-refractivity contribution < 1.29 is 9.84 Å². The summed E-state index contributed by atoms with van der Waals surface area (Å²) in [6.07, 6.45) is 9.36. The molecule has 1 rings (SSSR count). The zero-order chi connectivity index (χ0) is 11.1. The number of allylic oxidation sites excluding steroid dienone is 4. The van der Waals surface area contributed by atoms with Crippen molar-refractivity contribution >= 4 is 11.8 Å². The second kappa shape index (κ2) is 6.88. The SMILES string of the molecule is C=C/C=C\C=C(/COC)S[C@H]1C[C@@H](O)C1. The molecule has 0 unspecified atom stereocenters. The first-order chi connectivity index (χ1) is 7.26. The highest BCUT2D eigenvalue weighted by molar-refractivity contribution is 8.03. The van der Waals surface area contributed by atoms with Gasteiger partial charge in [-0.1, -0.05) is 30.9 Å². The molecule has 1 aliphatic carbocycles. The lowest BCUT2D eigenvalue weighted by Gasteiger charge is -2.31. The van der Waals surface area contributed by atoms with Crippen LogP contribution in [0.3, 0.4) is 0 Å². The molecule has 0 atom stereocenters. The molecule has 0 amide bonds. The molecule has 1 N–H and O–H groups in total. The first-order valence-corrected chi connectivity index (χ1v) is 5.96. The van der Waals surface area contributed by atoms with Crippen molar-refractivity contribution in [3.8, 4) is 0 Å². The smallest absolute Gasteiger partial charge is 0.0771 e. The maximum absolute atomic E-state index is 9.18. The Morgan fingerprint density at radius 1 is 1.53 bits per heavy atom. The van der Waals surface area contributed by atoms with Gasteiger partial charge in [-0.3, -0.25) is 0 Å². The van der Waals surface area contributed by atoms with Gasteiger partial charge in [0.15, 0.2) is 0 Å². The van der Waals surface area contributed by atoms with E-state index in [4.69, 9.17) is 4.74 Å². The summed E-state index contributed by atoms with van der Waals surface area (Å²) in [7, 11) is 1.70. The average molecular weight is 226 g/mol. The maximum Gasteiger partial charge on any atom is 0.0771 e. The summed E-state index contributed by atoms with van der Waals surface area (Å²) in [6.45, 7) is 4.25. The fourth-order valence-corrected chi connectivity index (χ4v) is 2.76. The van der Waals surface area contributed by atoms with Gasteiger partial charge in [-0.05, 0) is 12.8 Å². The van der Waals surface area contributed by atoms with Gasteiger partial charge in [0, 0.05) is 17.3 Å². The molecule has 0 aromatic carbocycles. The van der Waals surface area contributed by atoms with Gasteiger partial charge in [-0.25, -0.2) is 0 Å². The van der Waals surface area contributed by atoms with Crippen LogP contribution < -0.4 is 0 Å². The maximum atomic E-state index is 9.18. The number of aliphatic hydroxyl groups excluding tert-OH is 1. The second-order valence-corrected chi connectivity index (χ2v) is 4.98. The molecule has 0 bridgehead atoms. The number of ether oxygens (including phenoxy) is 1. The van der Waals surface area contributed by atoms with Gasteiger partial charge < -0.3 is 9.84 Å². The second-order valence-electron chi connectivity index (χ2n) is 3.55. The molecular formula is C12H18O2S. The molecule has 0 saturated heterocycles. The zero-order valence-corrected chi connectivity index (χ0v) is 9.87. The van der Waals surface area contributed by atoms with Crippen LogP contribution in [0, 0.1) is 0 Å². The molecule has 0 heterocycles. The number of rotatable bonds is 6. The predicted octanol–water partition coefficient (Wildman–Crippen LogP) is 2.52. The minimum atomic E-state index is -0.0880. The average Bonchev–Trinajstić information content (AvgIpc) is 2.16. The van der Waals surface area contributed by atoms with Gasteiger partial charge in [-0.2, -0.15) is 0 Å². The highest BCUT2D eigenvalue weighted by Gasteiger charge is 2.28. The lowest BCUT2D eigenvalue weighted by Crippen LogP contribution is -2.30. The van der Waals surface area contributed by atoms with E-state index >= 15 is 0 Å². The van der Waals surface area contributed by atoms with Gasteiger partial charge in [0.1, 0.15) is 0 Å². The van der Waals surface area contributed by atoms with E-state index in [-0.39, 0.29) is 6.10 Å². The minimum absolute atomic E-state index is 0.0880. The third-order valence-electron chi connectivity index (χ3n) is 2.20. The quantitative estimate of drug-likeness (QED) is 0.706. The summed E-state index contributed by atoms with van der Waals surface area (Å²) < 4.78 is 5.12. The Balaban J connectivity index is 2.39. The van der Waals surface area contributed by atoms with Gasteiger partial charge in [-0.15, -0.1) is 11.8 Å². The largest absolute Gasteiger partial charge is 0.393 e. The van der Waals surface area contributed by atoms with Crippen molar-refractivity contribution in [2.45, 2.75) is 24.2 Å². The van der Waals surface area contributed by atoms with E-state index in [1.54, 1.807) is 24.9 Å². The highest BCUT2D eigenvalue weighted by Crippen LogP contribution is 2.36. The minimum Gasteiger partial charge on any atom is -0.393 e. The number of thioether (sulfide) groups is 1. The fraction of sp³-hybridized carbons (Fsp3) is 0.500. The number of aliphatic hydroxyl groups is 1. The summed E-state index contributed by atoms with van der Waals surface area (Å²) >= 11 is 1.80. The Kier molecular flexibility index (Phi) is 5.76. The van der Waals surface area contributed by atoms with E-state index in [0.29, 0.717) is 11.9 Å². The molecule has 84 valence electrons. The molecule has 2 nitrogen and oxygen atoms in total. The third kappa shape index (κ3) is 4.69. The highest BCUT2D eigenvalue weighted by atomic mass is 32.2. The van der Waals surface area contributed by atoms with Crippen LogP contribution >= 0.6 is 11.8 Å². The Morgan fingerprint density at radius 2 is 2.27 bits per heavy atom. The molecule has 15 heavy (non-hydrogen) atoms. The normalized spacial score (nSPS) is 26.7. The Morgan fingerprint density at radius 3 is 2.80 bits per heavy atom. The van der Waals surface area contributed by atoms with Crippen LogP contribution in [-0.2, 0) is 4.74 Å². The lowest BCUT2D eigenvalue weighted by atomic mass is 9.96. The first-order valence-electron chi connectivity index (χ1n) is 5.08. The molecule has 0 aliphatic heterocycles. The summed E-state index contributed by atoms with van der Waals surface area (Å²) in [5, 5.41) is 9.74. The van der Waals surface area contributed by atoms with E-state index in [9.17, 15) is 5.11 Å². The van der Waals surface area contributed by atoms with Gasteiger partial charge in [0.2, 0.25) is 0 Å². The number of hydrogen-bond donors (Lipinski definition) is 1. The van der Waals surface area contributed by atoms with Crippen LogP contribution in [0.2, 0.25) is 0 Å². The molecule has 3 heteroatoms. The summed E-state index contributed by atoms with van der Waals surface area (Å²) in [6, 6.07) is 0. The van der Waals surface area contributed by atoms with Crippen molar-refractivity contribution in [2.75, 3.05) is 13.7 Å². The van der Waals surface area contributed by atoms with Crippen LogP contribution in [0.15, 0.2) is 35.8 Å². The molecule has 0 aromatic rings. The Hall–Kier alpha value is -0.510. The van der Waals surface area contributed by atoms with E-state index in [0.717, 1.165) is 12.8 Å². The van der Waals surface area contributed by atoms with Crippen LogP contribution in [-0.4, -0.2) is 30.2 Å². The van der Waals surface area contributed by atoms with Crippen molar-refractivity contribution in [3.05, 3.63) is 35.8 Å². The van der Waals surface area contributed by atoms with E-state index in [1.807, 2.05) is 18.2 Å². The third-order valence-corrected chi connectivity index (χ3v) is 3.48. The molecule has 0 radical (unpaired) electrons. The van der Waals surface area contributed by atoms with Crippen LogP contribution in [0.1, 0.15) is 12.8 Å². The zero-order valence-electron chi connectivity index (χ0n) is 9.06. The Bertz CT molecular complexity index is 252. The molecule has 1 fully saturated rings. The van der Waals surface area contributed by atoms with Crippen molar-refractivity contribution in [3.63, 3.8) is 0 Å². The van der Waals surface area contributed by atoms with E-state index in [1.165, 1.54) is 4.91 Å². The van der Waals surface area contributed by atoms with Crippen LogP contribution in [0.4, 0.5) is 0 Å². The Labute approximate surface area is 95.7 Å². The molecule has 0 spiro atoms. The molecule has 1 saturated carbocycles. The van der Waals surface area contributed by atoms with E-state index < -0.39 is 0 Å². The van der Waals surface area contributed by atoms with Gasteiger partial charge in [0.25, 0.3) is 0 Å². The predicted molar refractivity (Wildman–Crippen MR) is 65.9 cm³/mol.